The Morgan fingerprint density at radius 1 is 1.17 bits per heavy atom. The monoisotopic (exact) mass is 312 g/mol. The number of hydrogen-bond acceptors (Lipinski definition) is 5. The Labute approximate surface area is 134 Å². The van der Waals surface area contributed by atoms with Gasteiger partial charge in [-0.25, -0.2) is 0 Å². The van der Waals surface area contributed by atoms with E-state index >= 15 is 0 Å². The zero-order valence-corrected chi connectivity index (χ0v) is 13.6. The number of nitrogens with zero attached hydrogens (tertiary/aromatic N) is 4. The van der Waals surface area contributed by atoms with Crippen molar-refractivity contribution in [3.8, 4) is 0 Å². The number of rotatable bonds is 3. The van der Waals surface area contributed by atoms with E-state index in [1.54, 1.807) is 0 Å². The van der Waals surface area contributed by atoms with Crippen molar-refractivity contribution in [1.29, 1.82) is 0 Å². The van der Waals surface area contributed by atoms with E-state index in [-0.39, 0.29) is 5.91 Å². The zero-order chi connectivity index (χ0) is 16.6. The third kappa shape index (κ3) is 2.50. The molecule has 1 aromatic carbocycles. The molecule has 120 valence electrons. The van der Waals surface area contributed by atoms with Crippen LogP contribution < -0.4 is 15.4 Å². The molecule has 1 aliphatic rings. The molecule has 0 unspecified atom stereocenters. The lowest BCUT2D eigenvalue weighted by atomic mass is 10.1. The topological polar surface area (TPSA) is 58.4 Å². The van der Waals surface area contributed by atoms with Gasteiger partial charge < -0.3 is 9.80 Å². The average molecular weight is 312 g/mol. The SMILES string of the molecule is CCCCN1c2ccccc2N(C)c2cc(=O)n(C(C)=O)nc21. The van der Waals surface area contributed by atoms with Crippen LogP contribution in [0.5, 0.6) is 0 Å². The Hall–Kier alpha value is -2.63. The van der Waals surface area contributed by atoms with Crippen LogP contribution in [0.3, 0.4) is 0 Å². The van der Waals surface area contributed by atoms with Gasteiger partial charge in [-0.05, 0) is 18.6 Å². The van der Waals surface area contributed by atoms with E-state index in [4.69, 9.17) is 0 Å². The summed E-state index contributed by atoms with van der Waals surface area (Å²) in [7, 11) is 1.91. The zero-order valence-electron chi connectivity index (χ0n) is 13.6. The molecule has 3 rings (SSSR count). The predicted octanol–water partition coefficient (Wildman–Crippen LogP) is 2.92. The van der Waals surface area contributed by atoms with Gasteiger partial charge in [0.25, 0.3) is 5.56 Å². The molecule has 0 saturated carbocycles. The van der Waals surface area contributed by atoms with Crippen molar-refractivity contribution in [2.75, 3.05) is 23.4 Å². The number of carbonyl (C=O) groups excluding carboxylic acids is 1. The number of unbranched alkanes of at least 4 members (excludes halogenated alkanes) is 1. The van der Waals surface area contributed by atoms with Gasteiger partial charge in [0.2, 0.25) is 5.91 Å². The lowest BCUT2D eigenvalue weighted by Crippen LogP contribution is -2.35. The maximum Gasteiger partial charge on any atom is 0.276 e. The number of aromatic nitrogens is 2. The first-order valence-corrected chi connectivity index (χ1v) is 7.80. The summed E-state index contributed by atoms with van der Waals surface area (Å²) >= 11 is 0. The van der Waals surface area contributed by atoms with Crippen molar-refractivity contribution in [3.63, 3.8) is 0 Å². The standard InChI is InChI=1S/C17H20N4O2/c1-4-5-10-20-14-9-7-6-8-13(14)19(3)15-11-16(23)21(12(2)22)18-17(15)20/h6-9,11H,4-5,10H2,1-3H3. The Morgan fingerprint density at radius 2 is 1.87 bits per heavy atom. The van der Waals surface area contributed by atoms with Crippen LogP contribution in [0.25, 0.3) is 0 Å². The molecule has 0 radical (unpaired) electrons. The lowest BCUT2D eigenvalue weighted by Gasteiger charge is -2.37. The van der Waals surface area contributed by atoms with Crippen LogP contribution in [0.15, 0.2) is 35.1 Å². The van der Waals surface area contributed by atoms with Crippen LogP contribution in [0.2, 0.25) is 0 Å². The smallest absolute Gasteiger partial charge is 0.276 e. The van der Waals surface area contributed by atoms with Crippen LogP contribution in [0.4, 0.5) is 22.9 Å². The van der Waals surface area contributed by atoms with Crippen molar-refractivity contribution < 1.29 is 4.79 Å². The van der Waals surface area contributed by atoms with Gasteiger partial charge in [0, 0.05) is 26.6 Å². The number of para-hydroxylation sites is 2. The van der Waals surface area contributed by atoms with Gasteiger partial charge in [0.15, 0.2) is 5.82 Å². The Morgan fingerprint density at radius 3 is 2.52 bits per heavy atom. The molecule has 1 aliphatic heterocycles. The van der Waals surface area contributed by atoms with Crippen LogP contribution in [0.1, 0.15) is 31.5 Å². The van der Waals surface area contributed by atoms with Crippen molar-refractivity contribution >= 4 is 28.8 Å². The molecule has 0 aliphatic carbocycles. The molecule has 0 bridgehead atoms. The molecule has 0 amide bonds. The highest BCUT2D eigenvalue weighted by Gasteiger charge is 2.28. The molecule has 1 aromatic heterocycles. The number of anilines is 4. The van der Waals surface area contributed by atoms with Crippen molar-refractivity contribution in [2.45, 2.75) is 26.7 Å². The third-order valence-electron chi connectivity index (χ3n) is 4.08. The molecule has 0 fully saturated rings. The number of fused-ring (bicyclic) bond motifs is 2. The predicted molar refractivity (Wildman–Crippen MR) is 91.2 cm³/mol. The van der Waals surface area contributed by atoms with Gasteiger partial charge in [-0.1, -0.05) is 25.5 Å². The summed E-state index contributed by atoms with van der Waals surface area (Å²) in [6, 6.07) is 9.50. The molecule has 6 heteroatoms. The minimum absolute atomic E-state index is 0.380. The van der Waals surface area contributed by atoms with E-state index < -0.39 is 5.56 Å². The molecule has 0 atom stereocenters. The van der Waals surface area contributed by atoms with E-state index in [1.807, 2.05) is 36.2 Å². The summed E-state index contributed by atoms with van der Waals surface area (Å²) in [6.45, 7) is 4.27. The van der Waals surface area contributed by atoms with Crippen LogP contribution in [-0.2, 0) is 0 Å². The largest absolute Gasteiger partial charge is 0.340 e. The van der Waals surface area contributed by atoms with E-state index in [2.05, 4.69) is 16.9 Å². The van der Waals surface area contributed by atoms with E-state index in [0.29, 0.717) is 5.82 Å². The van der Waals surface area contributed by atoms with E-state index in [0.717, 1.165) is 41.1 Å². The first-order chi connectivity index (χ1) is 11.0. The normalized spacial score (nSPS) is 12.8. The first-order valence-electron chi connectivity index (χ1n) is 7.80. The maximum absolute atomic E-state index is 12.1. The second-order valence-electron chi connectivity index (χ2n) is 5.68. The van der Waals surface area contributed by atoms with Gasteiger partial charge in [-0.2, -0.15) is 4.68 Å². The molecule has 0 N–H and O–H groups in total. The maximum atomic E-state index is 12.1. The molecule has 23 heavy (non-hydrogen) atoms. The van der Waals surface area contributed by atoms with Gasteiger partial charge in [0.05, 0.1) is 17.1 Å². The van der Waals surface area contributed by atoms with Crippen LogP contribution >= 0.6 is 0 Å². The Bertz CT molecular complexity index is 812. The highest BCUT2D eigenvalue weighted by atomic mass is 16.2. The Kier molecular flexibility index (Phi) is 3.90. The number of benzene rings is 1. The minimum atomic E-state index is -0.405. The van der Waals surface area contributed by atoms with Crippen molar-refractivity contribution in [1.82, 2.24) is 9.78 Å². The van der Waals surface area contributed by atoms with E-state index in [9.17, 15) is 9.59 Å². The summed E-state index contributed by atoms with van der Waals surface area (Å²) in [5.41, 5.74) is 2.38. The van der Waals surface area contributed by atoms with Gasteiger partial charge in [-0.3, -0.25) is 9.59 Å². The van der Waals surface area contributed by atoms with Crippen LogP contribution in [-0.4, -0.2) is 29.3 Å². The summed E-state index contributed by atoms with van der Waals surface area (Å²) < 4.78 is 0.930. The molecule has 2 aromatic rings. The Balaban J connectivity index is 2.22. The molecule has 2 heterocycles. The van der Waals surface area contributed by atoms with Gasteiger partial charge >= 0.3 is 0 Å². The second kappa shape index (κ2) is 5.87. The quantitative estimate of drug-likeness (QED) is 0.872. The van der Waals surface area contributed by atoms with Crippen LogP contribution in [0, 0.1) is 0 Å². The first kappa shape index (κ1) is 15.3. The van der Waals surface area contributed by atoms with Gasteiger partial charge in [-0.15, -0.1) is 5.10 Å². The van der Waals surface area contributed by atoms with Gasteiger partial charge in [0.1, 0.15) is 0 Å². The molecular formula is C17H20N4O2. The lowest BCUT2D eigenvalue weighted by molar-refractivity contribution is 0.0915. The average Bonchev–Trinajstić information content (AvgIpc) is 2.54. The third-order valence-corrected chi connectivity index (χ3v) is 4.08. The fourth-order valence-corrected chi connectivity index (χ4v) is 2.87. The summed E-state index contributed by atoms with van der Waals surface area (Å²) in [4.78, 5) is 27.9. The highest BCUT2D eigenvalue weighted by molar-refractivity contribution is 5.91. The molecule has 0 saturated heterocycles. The van der Waals surface area contributed by atoms with Crippen molar-refractivity contribution in [2.24, 2.45) is 0 Å². The second-order valence-corrected chi connectivity index (χ2v) is 5.68. The number of hydrogen-bond donors (Lipinski definition) is 0. The van der Waals surface area contributed by atoms with E-state index in [1.165, 1.54) is 13.0 Å². The minimum Gasteiger partial charge on any atom is -0.340 e. The fraction of sp³-hybridized carbons (Fsp3) is 0.353. The molecule has 0 spiro atoms. The summed E-state index contributed by atoms with van der Waals surface area (Å²) in [5.74, 6) is 0.268. The molecule has 6 nitrogen and oxygen atoms in total. The highest BCUT2D eigenvalue weighted by Crippen LogP contribution is 2.45. The van der Waals surface area contributed by atoms with Crippen molar-refractivity contribution in [3.05, 3.63) is 40.7 Å². The fourth-order valence-electron chi connectivity index (χ4n) is 2.87. The summed E-state index contributed by atoms with van der Waals surface area (Å²) in [6.07, 6.45) is 2.05. The summed E-state index contributed by atoms with van der Waals surface area (Å²) in [5, 5.41) is 4.33. The molecular weight excluding hydrogens is 292 g/mol. The number of carbonyl (C=O) groups is 1.